The lowest BCUT2D eigenvalue weighted by Gasteiger charge is -2.11. The number of nitrogens with zero attached hydrogens (tertiary/aromatic N) is 5. The number of esters is 2. The summed E-state index contributed by atoms with van der Waals surface area (Å²) in [6.07, 6.45) is -1.22. The molecule has 56 heavy (non-hydrogen) atoms. The molecular formula is C31H44N8O13S4. The maximum atomic E-state index is 12.8. The van der Waals surface area contributed by atoms with Crippen LogP contribution in [0.1, 0.15) is 83.7 Å². The summed E-state index contributed by atoms with van der Waals surface area (Å²) in [6, 6.07) is -1.24. The Balaban J connectivity index is 0.000000329. The Bertz CT molecular complexity index is 2400. The molecule has 25 heteroatoms. The SMILES string of the molecule is CCc1scc(C(=O)OC(C)C)c1S(=O)(=O)NC(=O)OC.CCc1scc(C(=O)OC(C)C)c1S(=O)(=O)NC(=O)n1nc(C)n(C)c1=O.Cc1n[nH]c(=O)n1C. The Morgan fingerprint density at radius 1 is 0.786 bits per heavy atom. The van der Waals surface area contributed by atoms with Crippen molar-refractivity contribution in [2.24, 2.45) is 14.1 Å². The number of thiophene rings is 2. The fraction of sp³-hybridized carbons (Fsp3) is 0.484. The maximum absolute atomic E-state index is 12.8. The van der Waals surface area contributed by atoms with Crippen LogP contribution in [0.2, 0.25) is 0 Å². The Labute approximate surface area is 330 Å². The van der Waals surface area contributed by atoms with E-state index in [9.17, 15) is 45.6 Å². The lowest BCUT2D eigenvalue weighted by Crippen LogP contribution is -2.40. The van der Waals surface area contributed by atoms with Gasteiger partial charge in [-0.15, -0.1) is 32.5 Å². The van der Waals surface area contributed by atoms with Crippen LogP contribution in [-0.4, -0.2) is 89.3 Å². The minimum Gasteiger partial charge on any atom is -0.459 e. The standard InChI is InChI=1S/C15H20N4O6S2.C12H17NO6S2.C4H7N3O/c1-6-11-12(10(7-26-11)13(20)25-8(2)3)27(23,24)17-14(21)19-15(22)18(5)9(4)16-19;1-5-9-10(21(16,17)13-12(15)18-4)8(6-20-9)11(14)19-7(2)3;1-3-5-6-4(8)7(3)2/h7-8H,6H2,1-5H3,(H,17,21);6-7H,5H2,1-4H3,(H,13,15);1-2H3,(H,6,8). The van der Waals surface area contributed by atoms with E-state index >= 15 is 0 Å². The third kappa shape index (κ3) is 11.7. The largest absolute Gasteiger partial charge is 0.459 e. The van der Waals surface area contributed by atoms with Gasteiger partial charge in [0.1, 0.15) is 21.4 Å². The van der Waals surface area contributed by atoms with Crippen molar-refractivity contribution in [1.29, 1.82) is 0 Å². The van der Waals surface area contributed by atoms with Crippen molar-refractivity contribution < 1.29 is 50.2 Å². The van der Waals surface area contributed by atoms with Crippen LogP contribution in [0.25, 0.3) is 0 Å². The first-order chi connectivity index (χ1) is 25.9. The van der Waals surface area contributed by atoms with Crippen LogP contribution < -0.4 is 20.8 Å². The van der Waals surface area contributed by atoms with Crippen molar-refractivity contribution in [3.8, 4) is 0 Å². The average molecular weight is 865 g/mol. The molecule has 21 nitrogen and oxygen atoms in total. The van der Waals surface area contributed by atoms with E-state index in [1.165, 1.54) is 29.3 Å². The summed E-state index contributed by atoms with van der Waals surface area (Å²) in [5, 5.41) is 12.4. The quantitative estimate of drug-likeness (QED) is 0.152. The second-order valence-corrected chi connectivity index (χ2v) is 17.0. The molecule has 0 radical (unpaired) electrons. The molecule has 0 bridgehead atoms. The van der Waals surface area contributed by atoms with Gasteiger partial charge in [-0.2, -0.15) is 5.10 Å². The van der Waals surface area contributed by atoms with Gasteiger partial charge in [0.25, 0.3) is 20.0 Å². The molecule has 0 aliphatic carbocycles. The first-order valence-electron chi connectivity index (χ1n) is 16.4. The van der Waals surface area contributed by atoms with Crippen LogP contribution in [0.4, 0.5) is 9.59 Å². The normalized spacial score (nSPS) is 11.2. The van der Waals surface area contributed by atoms with Crippen LogP contribution in [0.5, 0.6) is 0 Å². The Morgan fingerprint density at radius 2 is 1.23 bits per heavy atom. The van der Waals surface area contributed by atoms with Gasteiger partial charge in [-0.3, -0.25) is 9.13 Å². The number of sulfonamides is 2. The molecule has 0 fully saturated rings. The number of amides is 2. The zero-order valence-corrected chi connectivity index (χ0v) is 35.7. The molecule has 2 amide bonds. The van der Waals surface area contributed by atoms with E-state index in [0.29, 0.717) is 33.1 Å². The van der Waals surface area contributed by atoms with Gasteiger partial charge in [-0.25, -0.2) is 60.1 Å². The fourth-order valence-electron chi connectivity index (χ4n) is 4.19. The summed E-state index contributed by atoms with van der Waals surface area (Å²) < 4.78 is 70.9. The molecule has 0 saturated carbocycles. The van der Waals surface area contributed by atoms with Crippen molar-refractivity contribution in [2.45, 2.75) is 90.2 Å². The number of carbonyl (C=O) groups excluding carboxylic acids is 4. The Morgan fingerprint density at radius 3 is 1.54 bits per heavy atom. The number of hydrogen-bond acceptors (Lipinski definition) is 17. The molecule has 0 aromatic carbocycles. The first kappa shape index (κ1) is 47.0. The number of carbonyl (C=O) groups is 4. The van der Waals surface area contributed by atoms with Crippen molar-refractivity contribution in [3.05, 3.63) is 64.3 Å². The van der Waals surface area contributed by atoms with Crippen LogP contribution in [-0.2, 0) is 61.2 Å². The Kier molecular flexibility index (Phi) is 16.5. The van der Waals surface area contributed by atoms with Crippen molar-refractivity contribution >= 4 is 66.8 Å². The van der Waals surface area contributed by atoms with E-state index in [2.05, 4.69) is 20.0 Å². The van der Waals surface area contributed by atoms with Gasteiger partial charge in [-0.05, 0) is 54.4 Å². The van der Waals surface area contributed by atoms with Crippen LogP contribution in [0.15, 0.2) is 30.1 Å². The molecule has 0 aliphatic rings. The molecule has 4 heterocycles. The molecule has 3 N–H and O–H groups in total. The number of ether oxygens (including phenoxy) is 3. The van der Waals surface area contributed by atoms with Gasteiger partial charge < -0.3 is 14.2 Å². The van der Waals surface area contributed by atoms with Crippen molar-refractivity contribution in [2.75, 3.05) is 7.11 Å². The van der Waals surface area contributed by atoms with Crippen LogP contribution in [0, 0.1) is 13.8 Å². The monoisotopic (exact) mass is 864 g/mol. The lowest BCUT2D eigenvalue weighted by atomic mass is 10.3. The van der Waals surface area contributed by atoms with Gasteiger partial charge in [0.2, 0.25) is 0 Å². The third-order valence-corrected chi connectivity index (χ3v) is 12.5. The van der Waals surface area contributed by atoms with E-state index in [-0.39, 0.29) is 38.5 Å². The van der Waals surface area contributed by atoms with Gasteiger partial charge in [0, 0.05) is 34.6 Å². The second-order valence-electron chi connectivity index (χ2n) is 11.9. The maximum Gasteiger partial charge on any atom is 0.420 e. The molecule has 0 aliphatic heterocycles. The number of methoxy groups -OCH3 is 1. The molecule has 0 unspecified atom stereocenters. The van der Waals surface area contributed by atoms with Crippen molar-refractivity contribution in [3.63, 3.8) is 0 Å². The van der Waals surface area contributed by atoms with Crippen molar-refractivity contribution in [1.82, 2.24) is 38.6 Å². The van der Waals surface area contributed by atoms with E-state index in [4.69, 9.17) is 9.47 Å². The average Bonchev–Trinajstić information content (AvgIpc) is 3.88. The Hall–Kier alpha value is -5.14. The molecule has 0 atom stereocenters. The summed E-state index contributed by atoms with van der Waals surface area (Å²) in [6.45, 7) is 13.3. The summed E-state index contributed by atoms with van der Waals surface area (Å²) in [7, 11) is -4.52. The highest BCUT2D eigenvalue weighted by Gasteiger charge is 2.32. The topological polar surface area (TPSA) is 279 Å². The third-order valence-electron chi connectivity index (χ3n) is 7.06. The van der Waals surface area contributed by atoms with Gasteiger partial charge in [-0.1, -0.05) is 13.8 Å². The fourth-order valence-corrected chi connectivity index (χ4v) is 9.58. The molecular weight excluding hydrogens is 821 g/mol. The predicted molar refractivity (Wildman–Crippen MR) is 203 cm³/mol. The number of rotatable bonds is 10. The van der Waals surface area contributed by atoms with Gasteiger partial charge in [0.05, 0.1) is 30.4 Å². The second kappa shape index (κ2) is 19.6. The van der Waals surface area contributed by atoms with Crippen LogP contribution >= 0.6 is 22.7 Å². The zero-order chi connectivity index (χ0) is 42.9. The van der Waals surface area contributed by atoms with E-state index in [1.54, 1.807) is 65.0 Å². The number of nitrogens with one attached hydrogen (secondary N) is 3. The summed E-state index contributed by atoms with van der Waals surface area (Å²) in [5.41, 5.74) is -1.19. The summed E-state index contributed by atoms with van der Waals surface area (Å²) >= 11 is 2.19. The highest BCUT2D eigenvalue weighted by atomic mass is 32.2. The number of H-pyrrole nitrogens is 1. The molecule has 0 saturated heterocycles. The number of hydrogen-bond donors (Lipinski definition) is 3. The molecule has 310 valence electrons. The van der Waals surface area contributed by atoms with E-state index < -0.39 is 55.9 Å². The van der Waals surface area contributed by atoms with Gasteiger partial charge in [0.15, 0.2) is 0 Å². The molecule has 4 rings (SSSR count). The van der Waals surface area contributed by atoms with Crippen LogP contribution in [0.3, 0.4) is 0 Å². The predicted octanol–water partition coefficient (Wildman–Crippen LogP) is 2.36. The zero-order valence-electron chi connectivity index (χ0n) is 32.4. The smallest absolute Gasteiger partial charge is 0.420 e. The minimum atomic E-state index is -4.44. The van der Waals surface area contributed by atoms with E-state index in [1.807, 2.05) is 0 Å². The lowest BCUT2D eigenvalue weighted by molar-refractivity contribution is 0.0363. The summed E-state index contributed by atoms with van der Waals surface area (Å²) in [4.78, 5) is 70.4. The molecule has 0 spiro atoms. The number of aromatic amines is 1. The van der Waals surface area contributed by atoms with E-state index in [0.717, 1.165) is 34.4 Å². The first-order valence-corrected chi connectivity index (χ1v) is 21.2. The highest BCUT2D eigenvalue weighted by Crippen LogP contribution is 2.30. The number of aromatic nitrogens is 6. The molecule has 4 aromatic heterocycles. The van der Waals surface area contributed by atoms with Gasteiger partial charge >= 0.3 is 35.4 Å². The summed E-state index contributed by atoms with van der Waals surface area (Å²) in [5.74, 6) is -0.612. The highest BCUT2D eigenvalue weighted by molar-refractivity contribution is 7.90. The minimum absolute atomic E-state index is 0.0815. The molecule has 4 aromatic rings. The number of aryl methyl sites for hydroxylation is 4.